The van der Waals surface area contributed by atoms with Crippen LogP contribution in [0, 0.1) is 30.6 Å². The minimum absolute atomic E-state index is 0.0138. The first-order valence-corrected chi connectivity index (χ1v) is 11.9. The largest absolute Gasteiger partial charge is 0.444 e. The van der Waals surface area contributed by atoms with Crippen molar-refractivity contribution in [2.45, 2.75) is 46.5 Å². The van der Waals surface area contributed by atoms with E-state index in [0.717, 1.165) is 11.3 Å². The van der Waals surface area contributed by atoms with E-state index in [1.54, 1.807) is 4.68 Å². The van der Waals surface area contributed by atoms with Gasteiger partial charge in [-0.25, -0.2) is 4.68 Å². The van der Waals surface area contributed by atoms with Crippen LogP contribution in [0.4, 0.5) is 0 Å². The number of Topliss-reactive ketones (excluding diaryl/α,β-unsaturated/α-hetero) is 1. The summed E-state index contributed by atoms with van der Waals surface area (Å²) in [5.41, 5.74) is 9.83. The number of hydrogen-bond acceptors (Lipinski definition) is 6. The highest BCUT2D eigenvalue weighted by Gasteiger charge is 2.45. The Labute approximate surface area is 210 Å². The molecule has 1 atom stereocenters. The highest BCUT2D eigenvalue weighted by atomic mass is 16.5. The van der Waals surface area contributed by atoms with Crippen molar-refractivity contribution in [2.75, 3.05) is 0 Å². The number of nitrogens with zero attached hydrogens (tertiary/aromatic N) is 3. The summed E-state index contributed by atoms with van der Waals surface area (Å²) in [4.78, 5) is 13.5. The number of nitrogens with two attached hydrogens (primary N) is 1. The third-order valence-corrected chi connectivity index (χ3v) is 6.66. The summed E-state index contributed by atoms with van der Waals surface area (Å²) in [5.74, 6) is 0.782. The summed E-state index contributed by atoms with van der Waals surface area (Å²) >= 11 is 0. The third-order valence-electron chi connectivity index (χ3n) is 6.66. The maximum absolute atomic E-state index is 13.5. The Morgan fingerprint density at radius 2 is 1.81 bits per heavy atom. The number of ketones is 1. The molecule has 7 heteroatoms. The Balaban J connectivity index is 1.77. The van der Waals surface area contributed by atoms with E-state index < -0.39 is 5.92 Å². The fraction of sp³-hybridized carbons (Fsp3) is 0.276. The van der Waals surface area contributed by atoms with E-state index in [2.05, 4.69) is 6.07 Å². The molecule has 2 heterocycles. The van der Waals surface area contributed by atoms with E-state index in [9.17, 15) is 10.1 Å². The van der Waals surface area contributed by atoms with Gasteiger partial charge in [-0.2, -0.15) is 10.4 Å². The van der Waals surface area contributed by atoms with Crippen LogP contribution in [-0.4, -0.2) is 15.6 Å². The van der Waals surface area contributed by atoms with Crippen molar-refractivity contribution >= 4 is 5.78 Å². The number of allylic oxidation sites excluding steroid dienone is 3. The molecule has 1 aliphatic heterocycles. The highest BCUT2D eigenvalue weighted by Crippen LogP contribution is 2.51. The lowest BCUT2D eigenvalue weighted by atomic mass is 9.70. The number of benzene rings is 2. The van der Waals surface area contributed by atoms with Gasteiger partial charge in [0.05, 0.1) is 22.9 Å². The Hall–Kier alpha value is -4.31. The van der Waals surface area contributed by atoms with Crippen LogP contribution in [0.15, 0.2) is 77.4 Å². The van der Waals surface area contributed by atoms with Crippen molar-refractivity contribution in [1.29, 1.82) is 5.26 Å². The quantitative estimate of drug-likeness (QED) is 0.511. The molecule has 2 aliphatic rings. The molecule has 0 bridgehead atoms. The average molecular weight is 481 g/mol. The molecular formula is C29H28N4O3. The zero-order valence-electron chi connectivity index (χ0n) is 20.8. The van der Waals surface area contributed by atoms with Crippen LogP contribution < -0.4 is 10.5 Å². The van der Waals surface area contributed by atoms with Gasteiger partial charge in [-0.1, -0.05) is 49.7 Å². The predicted molar refractivity (Wildman–Crippen MR) is 135 cm³/mol. The standard InChI is InChI=1S/C29H28N4O3/c1-17-10-12-19(13-11-17)33-28(35-20-8-6-5-7-9-20)24(18(2)32-33)25-21(16-30)27(31)36-23-15-29(3,4)14-22(34)26(23)25/h5-13,25H,14-15,31H2,1-4H3. The topological polar surface area (TPSA) is 103 Å². The normalized spacial score (nSPS) is 19.0. The smallest absolute Gasteiger partial charge is 0.227 e. The summed E-state index contributed by atoms with van der Waals surface area (Å²) in [7, 11) is 0. The number of carbonyl (C=O) groups excluding carboxylic acids is 1. The van der Waals surface area contributed by atoms with Gasteiger partial charge in [0.2, 0.25) is 11.8 Å². The molecule has 0 amide bonds. The molecule has 5 rings (SSSR count). The maximum atomic E-state index is 13.5. The van der Waals surface area contributed by atoms with Crippen molar-refractivity contribution < 1.29 is 14.3 Å². The number of ether oxygens (including phenoxy) is 2. The zero-order chi connectivity index (χ0) is 25.6. The van der Waals surface area contributed by atoms with E-state index in [-0.39, 0.29) is 22.7 Å². The summed E-state index contributed by atoms with van der Waals surface area (Å²) in [6.07, 6.45) is 0.897. The lowest BCUT2D eigenvalue weighted by Gasteiger charge is -2.37. The summed E-state index contributed by atoms with van der Waals surface area (Å²) < 4.78 is 14.0. The SMILES string of the molecule is Cc1ccc(-n2nc(C)c(C3C(C#N)=C(N)OC4=C3C(=O)CC(C)(C)C4)c2Oc2ccccc2)cc1. The minimum atomic E-state index is -0.736. The molecule has 7 nitrogen and oxygen atoms in total. The number of para-hydroxylation sites is 1. The van der Waals surface area contributed by atoms with Crippen molar-refractivity contribution in [3.63, 3.8) is 0 Å². The Bertz CT molecular complexity index is 1450. The van der Waals surface area contributed by atoms with Gasteiger partial charge >= 0.3 is 0 Å². The van der Waals surface area contributed by atoms with E-state index >= 15 is 0 Å². The summed E-state index contributed by atoms with van der Waals surface area (Å²) in [6.45, 7) is 7.93. The first kappa shape index (κ1) is 23.4. The lowest BCUT2D eigenvalue weighted by Crippen LogP contribution is -2.33. The monoisotopic (exact) mass is 480 g/mol. The van der Waals surface area contributed by atoms with Gasteiger partial charge in [-0.15, -0.1) is 0 Å². The highest BCUT2D eigenvalue weighted by molar-refractivity contribution is 6.00. The molecule has 0 spiro atoms. The van der Waals surface area contributed by atoms with Crippen LogP contribution in [0.25, 0.3) is 5.69 Å². The molecule has 1 aliphatic carbocycles. The second-order valence-corrected chi connectivity index (χ2v) is 10.2. The van der Waals surface area contributed by atoms with Crippen molar-refractivity contribution in [2.24, 2.45) is 11.1 Å². The number of nitriles is 1. The second-order valence-electron chi connectivity index (χ2n) is 10.2. The molecule has 2 N–H and O–H groups in total. The molecule has 0 saturated carbocycles. The van der Waals surface area contributed by atoms with Crippen LogP contribution in [0.3, 0.4) is 0 Å². The van der Waals surface area contributed by atoms with Crippen LogP contribution in [-0.2, 0) is 9.53 Å². The number of aromatic nitrogens is 2. The van der Waals surface area contributed by atoms with Crippen molar-refractivity contribution in [1.82, 2.24) is 9.78 Å². The predicted octanol–water partition coefficient (Wildman–Crippen LogP) is 5.73. The molecule has 182 valence electrons. The third kappa shape index (κ3) is 4.05. The molecule has 1 unspecified atom stereocenters. The maximum Gasteiger partial charge on any atom is 0.227 e. The second kappa shape index (κ2) is 8.72. The average Bonchev–Trinajstić information content (AvgIpc) is 3.13. The molecule has 36 heavy (non-hydrogen) atoms. The number of aryl methyl sites for hydroxylation is 2. The van der Waals surface area contributed by atoms with Crippen molar-refractivity contribution in [3.05, 3.63) is 94.2 Å². The van der Waals surface area contributed by atoms with E-state index in [1.807, 2.05) is 82.3 Å². The summed E-state index contributed by atoms with van der Waals surface area (Å²) in [6, 6.07) is 19.5. The van der Waals surface area contributed by atoms with Gasteiger partial charge in [-0.3, -0.25) is 4.79 Å². The Kier molecular flexibility index (Phi) is 5.68. The van der Waals surface area contributed by atoms with Crippen LogP contribution in [0.2, 0.25) is 0 Å². The van der Waals surface area contributed by atoms with Crippen LogP contribution in [0.1, 0.15) is 49.4 Å². The molecule has 1 aromatic heterocycles. The number of carbonyl (C=O) groups is 1. The van der Waals surface area contributed by atoms with Crippen LogP contribution >= 0.6 is 0 Å². The number of hydrogen-bond donors (Lipinski definition) is 1. The first-order chi connectivity index (χ1) is 17.2. The molecular weight excluding hydrogens is 452 g/mol. The zero-order valence-corrected chi connectivity index (χ0v) is 20.8. The first-order valence-electron chi connectivity index (χ1n) is 11.9. The van der Waals surface area contributed by atoms with Gasteiger partial charge in [-0.05, 0) is 43.5 Å². The minimum Gasteiger partial charge on any atom is -0.444 e. The summed E-state index contributed by atoms with van der Waals surface area (Å²) in [5, 5.41) is 14.9. The van der Waals surface area contributed by atoms with Crippen molar-refractivity contribution in [3.8, 4) is 23.4 Å². The fourth-order valence-electron chi connectivity index (χ4n) is 4.98. The fourth-order valence-corrected chi connectivity index (χ4v) is 4.98. The van der Waals surface area contributed by atoms with Crippen LogP contribution in [0.5, 0.6) is 11.6 Å². The Morgan fingerprint density at radius 3 is 2.47 bits per heavy atom. The van der Waals surface area contributed by atoms with Gasteiger partial charge in [0.1, 0.15) is 23.2 Å². The molecule has 3 aromatic rings. The van der Waals surface area contributed by atoms with E-state index in [4.69, 9.17) is 20.3 Å². The molecule has 0 radical (unpaired) electrons. The molecule has 0 saturated heterocycles. The number of rotatable bonds is 4. The molecule has 2 aromatic carbocycles. The van der Waals surface area contributed by atoms with E-state index in [0.29, 0.717) is 47.1 Å². The van der Waals surface area contributed by atoms with Gasteiger partial charge in [0, 0.05) is 18.4 Å². The van der Waals surface area contributed by atoms with Gasteiger partial charge in [0.15, 0.2) is 5.78 Å². The van der Waals surface area contributed by atoms with Gasteiger partial charge in [0.25, 0.3) is 0 Å². The van der Waals surface area contributed by atoms with E-state index in [1.165, 1.54) is 0 Å². The molecule has 0 fully saturated rings. The van der Waals surface area contributed by atoms with Gasteiger partial charge < -0.3 is 15.2 Å². The Morgan fingerprint density at radius 1 is 1.11 bits per heavy atom. The lowest BCUT2D eigenvalue weighted by molar-refractivity contribution is -0.119.